The molecule has 136 valence electrons. The lowest BCUT2D eigenvalue weighted by atomic mass is 10.2. The Hall–Kier alpha value is -1.97. The SMILES string of the molecule is CC(C)(C)OC(=O)NCCCNc1nc(Cl)nc(C(F)(F)F)c1N. The second-order valence-corrected chi connectivity index (χ2v) is 6.15. The van der Waals surface area contributed by atoms with E-state index >= 15 is 0 Å². The molecule has 0 aromatic carbocycles. The number of hydrogen-bond donors (Lipinski definition) is 3. The molecule has 11 heteroatoms. The Morgan fingerprint density at radius 3 is 2.42 bits per heavy atom. The van der Waals surface area contributed by atoms with E-state index < -0.39 is 34.5 Å². The lowest BCUT2D eigenvalue weighted by molar-refractivity contribution is -0.140. The van der Waals surface area contributed by atoms with Crippen molar-refractivity contribution < 1.29 is 22.7 Å². The first-order chi connectivity index (χ1) is 10.9. The van der Waals surface area contributed by atoms with Crippen LogP contribution in [-0.4, -0.2) is 34.8 Å². The van der Waals surface area contributed by atoms with Gasteiger partial charge in [0.1, 0.15) is 11.3 Å². The minimum Gasteiger partial charge on any atom is -0.444 e. The molecule has 1 rings (SSSR count). The lowest BCUT2D eigenvalue weighted by Gasteiger charge is -2.19. The summed E-state index contributed by atoms with van der Waals surface area (Å²) in [5.74, 6) is -0.209. The van der Waals surface area contributed by atoms with Crippen LogP contribution < -0.4 is 16.4 Å². The topological polar surface area (TPSA) is 102 Å². The normalized spacial score (nSPS) is 12.0. The first kappa shape index (κ1) is 20.1. The van der Waals surface area contributed by atoms with E-state index in [9.17, 15) is 18.0 Å². The fourth-order valence-corrected chi connectivity index (χ4v) is 1.76. The number of anilines is 2. The minimum atomic E-state index is -4.73. The fraction of sp³-hybridized carbons (Fsp3) is 0.615. The largest absolute Gasteiger partial charge is 0.444 e. The average molecular weight is 370 g/mol. The van der Waals surface area contributed by atoms with Crippen molar-refractivity contribution in [2.75, 3.05) is 24.1 Å². The van der Waals surface area contributed by atoms with Crippen molar-refractivity contribution in [3.63, 3.8) is 0 Å². The van der Waals surface area contributed by atoms with Gasteiger partial charge in [-0.1, -0.05) is 0 Å². The standard InChI is InChI=1S/C13H19ClF3N5O2/c1-12(2,3)24-11(23)20-6-4-5-19-9-7(18)8(13(15,16)17)21-10(14)22-9/h4-6,18H2,1-3H3,(H,20,23)(H,19,21,22). The van der Waals surface area contributed by atoms with Crippen molar-refractivity contribution in [2.24, 2.45) is 0 Å². The van der Waals surface area contributed by atoms with E-state index in [2.05, 4.69) is 20.6 Å². The van der Waals surface area contributed by atoms with Crippen LogP contribution in [0, 0.1) is 0 Å². The molecule has 0 aliphatic heterocycles. The third-order valence-electron chi connectivity index (χ3n) is 2.50. The van der Waals surface area contributed by atoms with E-state index in [1.54, 1.807) is 20.8 Å². The second kappa shape index (κ2) is 7.73. The van der Waals surface area contributed by atoms with Crippen LogP contribution in [-0.2, 0) is 10.9 Å². The Morgan fingerprint density at radius 2 is 1.88 bits per heavy atom. The molecule has 7 nitrogen and oxygen atoms in total. The molecule has 0 bridgehead atoms. The number of nitrogens with two attached hydrogens (primary N) is 1. The molecule has 0 atom stereocenters. The van der Waals surface area contributed by atoms with Crippen molar-refractivity contribution in [3.05, 3.63) is 11.0 Å². The van der Waals surface area contributed by atoms with E-state index in [1.807, 2.05) is 0 Å². The molecule has 1 amide bonds. The van der Waals surface area contributed by atoms with Crippen LogP contribution >= 0.6 is 11.6 Å². The molecule has 0 saturated heterocycles. The lowest BCUT2D eigenvalue weighted by Crippen LogP contribution is -2.33. The number of rotatable bonds is 5. The van der Waals surface area contributed by atoms with E-state index in [0.717, 1.165) is 0 Å². The molecular formula is C13H19ClF3N5O2. The van der Waals surface area contributed by atoms with Gasteiger partial charge < -0.3 is 21.1 Å². The van der Waals surface area contributed by atoms with Crippen molar-refractivity contribution in [2.45, 2.75) is 39.0 Å². The van der Waals surface area contributed by atoms with Crippen LogP contribution in [0.2, 0.25) is 5.28 Å². The van der Waals surface area contributed by atoms with Crippen LogP contribution in [0.15, 0.2) is 0 Å². The maximum Gasteiger partial charge on any atom is 0.435 e. The number of halogens is 4. The maximum atomic E-state index is 12.8. The third kappa shape index (κ3) is 6.65. The van der Waals surface area contributed by atoms with Crippen molar-refractivity contribution in [3.8, 4) is 0 Å². The fourth-order valence-electron chi connectivity index (χ4n) is 1.59. The molecule has 0 saturated carbocycles. The predicted octanol–water partition coefficient (Wildman–Crippen LogP) is 3.06. The van der Waals surface area contributed by atoms with Gasteiger partial charge in [-0.05, 0) is 38.8 Å². The number of nitrogens with one attached hydrogen (secondary N) is 2. The van der Waals surface area contributed by atoms with Gasteiger partial charge in [-0.15, -0.1) is 0 Å². The molecule has 0 aliphatic rings. The zero-order chi connectivity index (χ0) is 18.5. The number of amides is 1. The van der Waals surface area contributed by atoms with Gasteiger partial charge in [0.2, 0.25) is 5.28 Å². The highest BCUT2D eigenvalue weighted by atomic mass is 35.5. The zero-order valence-corrected chi connectivity index (χ0v) is 14.2. The number of nitrogens with zero attached hydrogens (tertiary/aromatic N) is 2. The molecular weight excluding hydrogens is 351 g/mol. The van der Waals surface area contributed by atoms with Gasteiger partial charge in [-0.2, -0.15) is 18.2 Å². The summed E-state index contributed by atoms with van der Waals surface area (Å²) in [6.45, 7) is 5.66. The monoisotopic (exact) mass is 369 g/mol. The molecule has 0 radical (unpaired) electrons. The zero-order valence-electron chi connectivity index (χ0n) is 13.4. The highest BCUT2D eigenvalue weighted by Gasteiger charge is 2.37. The van der Waals surface area contributed by atoms with Gasteiger partial charge in [0, 0.05) is 13.1 Å². The Labute approximate surface area is 142 Å². The number of aromatic nitrogens is 2. The molecule has 4 N–H and O–H groups in total. The Bertz CT molecular complexity index is 590. The molecule has 0 fully saturated rings. The van der Waals surface area contributed by atoms with E-state index in [-0.39, 0.29) is 18.9 Å². The summed E-state index contributed by atoms with van der Waals surface area (Å²) in [4.78, 5) is 18.1. The molecule has 0 unspecified atom stereocenters. The third-order valence-corrected chi connectivity index (χ3v) is 2.67. The summed E-state index contributed by atoms with van der Waals surface area (Å²) < 4.78 is 43.3. The second-order valence-electron chi connectivity index (χ2n) is 5.81. The van der Waals surface area contributed by atoms with Crippen LogP contribution in [0.3, 0.4) is 0 Å². The number of carbonyl (C=O) groups excluding carboxylic acids is 1. The number of ether oxygens (including phenoxy) is 1. The number of nitrogen functional groups attached to an aromatic ring is 1. The summed E-state index contributed by atoms with van der Waals surface area (Å²) in [6.07, 6.45) is -4.90. The Balaban J connectivity index is 2.52. The van der Waals surface area contributed by atoms with Gasteiger partial charge in [-0.3, -0.25) is 0 Å². The summed E-state index contributed by atoms with van der Waals surface area (Å²) in [7, 11) is 0. The molecule has 1 heterocycles. The smallest absolute Gasteiger partial charge is 0.435 e. The van der Waals surface area contributed by atoms with Crippen LogP contribution in [0.5, 0.6) is 0 Å². The first-order valence-electron chi connectivity index (χ1n) is 7.01. The van der Waals surface area contributed by atoms with Gasteiger partial charge in [-0.25, -0.2) is 9.78 Å². The van der Waals surface area contributed by atoms with Crippen LogP contribution in [0.25, 0.3) is 0 Å². The molecule has 1 aromatic rings. The van der Waals surface area contributed by atoms with E-state index in [0.29, 0.717) is 6.42 Å². The number of alkyl halides is 3. The van der Waals surface area contributed by atoms with Crippen molar-refractivity contribution in [1.82, 2.24) is 15.3 Å². The number of hydrogen-bond acceptors (Lipinski definition) is 6. The van der Waals surface area contributed by atoms with Crippen molar-refractivity contribution >= 4 is 29.2 Å². The summed E-state index contributed by atoms with van der Waals surface area (Å²) in [5, 5.41) is 4.59. The van der Waals surface area contributed by atoms with Gasteiger partial charge in [0.15, 0.2) is 11.5 Å². The number of carbonyl (C=O) groups is 1. The molecule has 0 aliphatic carbocycles. The average Bonchev–Trinajstić information content (AvgIpc) is 2.38. The van der Waals surface area contributed by atoms with Gasteiger partial charge in [0.25, 0.3) is 0 Å². The van der Waals surface area contributed by atoms with Gasteiger partial charge >= 0.3 is 12.3 Å². The summed E-state index contributed by atoms with van der Waals surface area (Å²) >= 11 is 5.48. The van der Waals surface area contributed by atoms with Crippen molar-refractivity contribution in [1.29, 1.82) is 0 Å². The van der Waals surface area contributed by atoms with Crippen LogP contribution in [0.1, 0.15) is 32.9 Å². The highest BCUT2D eigenvalue weighted by molar-refractivity contribution is 6.28. The minimum absolute atomic E-state index is 0.209. The quantitative estimate of drug-likeness (QED) is 0.544. The van der Waals surface area contributed by atoms with Gasteiger partial charge in [0.05, 0.1) is 0 Å². The maximum absolute atomic E-state index is 12.8. The molecule has 24 heavy (non-hydrogen) atoms. The van der Waals surface area contributed by atoms with E-state index in [4.69, 9.17) is 22.1 Å². The molecule has 1 aromatic heterocycles. The van der Waals surface area contributed by atoms with Crippen LogP contribution in [0.4, 0.5) is 29.5 Å². The predicted molar refractivity (Wildman–Crippen MR) is 83.8 cm³/mol. The highest BCUT2D eigenvalue weighted by Crippen LogP contribution is 2.35. The first-order valence-corrected chi connectivity index (χ1v) is 7.39. The van der Waals surface area contributed by atoms with E-state index in [1.165, 1.54) is 0 Å². The summed E-state index contributed by atoms with van der Waals surface area (Å²) in [6, 6.07) is 0. The Morgan fingerprint density at radius 1 is 1.25 bits per heavy atom. The molecule has 0 spiro atoms. The summed E-state index contributed by atoms with van der Waals surface area (Å²) in [5.41, 5.74) is 2.88. The number of alkyl carbamates (subject to hydrolysis) is 1. The Kier molecular flexibility index (Phi) is 6.47.